The molecule has 0 saturated heterocycles. The number of carbonyl (C=O) groups excluding carboxylic acids is 1. The van der Waals surface area contributed by atoms with Crippen molar-refractivity contribution in [2.24, 2.45) is 0 Å². The summed E-state index contributed by atoms with van der Waals surface area (Å²) in [6.07, 6.45) is 32.4. The van der Waals surface area contributed by atoms with Gasteiger partial charge < -0.3 is 15.1 Å². The average molecular weight is 526 g/mol. The number of aliphatic hydroxyl groups excluding tert-OH is 2. The van der Waals surface area contributed by atoms with Crippen molar-refractivity contribution in [2.45, 2.75) is 187 Å². The molecule has 4 nitrogen and oxygen atoms in total. The normalized spacial score (nSPS) is 12.2. The van der Waals surface area contributed by atoms with Gasteiger partial charge in [-0.1, -0.05) is 162 Å². The van der Waals surface area contributed by atoms with Gasteiger partial charge in [-0.2, -0.15) is 0 Å². The average Bonchev–Trinajstić information content (AvgIpc) is 2.90. The molecule has 222 valence electrons. The van der Waals surface area contributed by atoms with E-state index in [4.69, 9.17) is 0 Å². The Morgan fingerprint density at radius 1 is 0.541 bits per heavy atom. The zero-order valence-electron chi connectivity index (χ0n) is 25.3. The maximum absolute atomic E-state index is 12.8. The lowest BCUT2D eigenvalue weighted by molar-refractivity contribution is -0.133. The van der Waals surface area contributed by atoms with Gasteiger partial charge in [0, 0.05) is 19.5 Å². The van der Waals surface area contributed by atoms with E-state index in [1.54, 1.807) is 4.90 Å². The second-order valence-corrected chi connectivity index (χ2v) is 11.6. The number of hydrogen-bond acceptors (Lipinski definition) is 3. The molecule has 0 fully saturated rings. The molecule has 0 bridgehead atoms. The minimum absolute atomic E-state index is 0.151. The van der Waals surface area contributed by atoms with Crippen LogP contribution < -0.4 is 0 Å². The molecule has 0 saturated carbocycles. The number of rotatable bonds is 30. The van der Waals surface area contributed by atoms with Crippen molar-refractivity contribution < 1.29 is 15.0 Å². The fraction of sp³-hybridized carbons (Fsp3) is 0.970. The van der Waals surface area contributed by atoms with Crippen LogP contribution in [0.15, 0.2) is 0 Å². The van der Waals surface area contributed by atoms with Gasteiger partial charge in [-0.3, -0.25) is 4.79 Å². The minimum atomic E-state index is -0.826. The molecule has 0 aromatic heterocycles. The number of nitrogens with zero attached hydrogens (tertiary/aromatic N) is 1. The Balaban J connectivity index is 3.77. The van der Waals surface area contributed by atoms with Gasteiger partial charge in [0.25, 0.3) is 0 Å². The summed E-state index contributed by atoms with van der Waals surface area (Å²) in [6.45, 7) is 5.25. The zero-order chi connectivity index (χ0) is 27.2. The number of amides is 1. The Morgan fingerprint density at radius 2 is 0.865 bits per heavy atom. The van der Waals surface area contributed by atoms with Crippen LogP contribution in [0.25, 0.3) is 0 Å². The third-order valence-corrected chi connectivity index (χ3v) is 7.77. The zero-order valence-corrected chi connectivity index (χ0v) is 25.3. The Morgan fingerprint density at radius 3 is 1.22 bits per heavy atom. The van der Waals surface area contributed by atoms with Gasteiger partial charge in [0.15, 0.2) is 0 Å². The van der Waals surface area contributed by atoms with Gasteiger partial charge in [0.1, 0.15) is 0 Å². The van der Waals surface area contributed by atoms with Crippen molar-refractivity contribution in [3.63, 3.8) is 0 Å². The first-order chi connectivity index (χ1) is 18.2. The Labute approximate surface area is 232 Å². The molecule has 37 heavy (non-hydrogen) atoms. The van der Waals surface area contributed by atoms with E-state index >= 15 is 0 Å². The summed E-state index contributed by atoms with van der Waals surface area (Å²) in [5.41, 5.74) is 0. The standard InChI is InChI=1S/C33H67NO3/c1-3-5-7-9-11-13-15-16-17-19-21-23-25-27-29-34(30-32(36)31-35)33(37)28-26-24-22-20-18-14-12-10-8-6-4-2/h32,35-36H,3-31H2,1-2H3. The Hall–Kier alpha value is -0.610. The number of unbranched alkanes of at least 4 members (excludes halogenated alkanes) is 23. The molecule has 1 atom stereocenters. The van der Waals surface area contributed by atoms with E-state index in [2.05, 4.69) is 13.8 Å². The summed E-state index contributed by atoms with van der Waals surface area (Å²) >= 11 is 0. The quantitative estimate of drug-likeness (QED) is 0.0918. The van der Waals surface area contributed by atoms with Crippen LogP contribution in [0.4, 0.5) is 0 Å². The molecule has 0 aliphatic heterocycles. The highest BCUT2D eigenvalue weighted by atomic mass is 16.3. The third kappa shape index (κ3) is 26.8. The van der Waals surface area contributed by atoms with Crippen molar-refractivity contribution >= 4 is 5.91 Å². The van der Waals surface area contributed by atoms with Crippen LogP contribution in [0.5, 0.6) is 0 Å². The minimum Gasteiger partial charge on any atom is -0.394 e. The molecule has 0 rings (SSSR count). The van der Waals surface area contributed by atoms with E-state index in [0.29, 0.717) is 13.0 Å². The van der Waals surface area contributed by atoms with E-state index in [-0.39, 0.29) is 19.1 Å². The molecule has 1 unspecified atom stereocenters. The van der Waals surface area contributed by atoms with Crippen molar-refractivity contribution in [3.05, 3.63) is 0 Å². The van der Waals surface area contributed by atoms with Gasteiger partial charge in [0.05, 0.1) is 12.7 Å². The van der Waals surface area contributed by atoms with Crippen LogP contribution in [-0.2, 0) is 4.79 Å². The highest BCUT2D eigenvalue weighted by Crippen LogP contribution is 2.15. The molecule has 0 radical (unpaired) electrons. The molecule has 0 aromatic rings. The van der Waals surface area contributed by atoms with E-state index in [1.807, 2.05) is 0 Å². The summed E-state index contributed by atoms with van der Waals surface area (Å²) < 4.78 is 0. The number of aliphatic hydroxyl groups is 2. The molecule has 0 heterocycles. The predicted molar refractivity (Wildman–Crippen MR) is 161 cm³/mol. The van der Waals surface area contributed by atoms with E-state index in [9.17, 15) is 15.0 Å². The summed E-state index contributed by atoms with van der Waals surface area (Å²) in [5.74, 6) is 0.151. The molecule has 1 amide bonds. The lowest BCUT2D eigenvalue weighted by Crippen LogP contribution is -2.39. The van der Waals surface area contributed by atoms with Gasteiger partial charge in [-0.25, -0.2) is 0 Å². The first kappa shape index (κ1) is 36.4. The van der Waals surface area contributed by atoms with Gasteiger partial charge in [0.2, 0.25) is 5.91 Å². The first-order valence-electron chi connectivity index (χ1n) is 16.7. The first-order valence-corrected chi connectivity index (χ1v) is 16.7. The highest BCUT2D eigenvalue weighted by molar-refractivity contribution is 5.76. The fourth-order valence-electron chi connectivity index (χ4n) is 5.23. The SMILES string of the molecule is CCCCCCCCCCCCCCCCN(CC(O)CO)C(=O)CCCCCCCCCCCCC. The van der Waals surface area contributed by atoms with Crippen LogP contribution in [0.1, 0.15) is 181 Å². The van der Waals surface area contributed by atoms with Crippen molar-refractivity contribution in [3.8, 4) is 0 Å². The molecular weight excluding hydrogens is 458 g/mol. The number of carbonyl (C=O) groups is 1. The lowest BCUT2D eigenvalue weighted by Gasteiger charge is -2.25. The highest BCUT2D eigenvalue weighted by Gasteiger charge is 2.16. The smallest absolute Gasteiger partial charge is 0.222 e. The predicted octanol–water partition coefficient (Wildman–Crippen LogP) is 9.35. The van der Waals surface area contributed by atoms with Crippen LogP contribution in [0, 0.1) is 0 Å². The summed E-state index contributed by atoms with van der Waals surface area (Å²) in [4.78, 5) is 14.6. The summed E-state index contributed by atoms with van der Waals surface area (Å²) in [6, 6.07) is 0. The largest absolute Gasteiger partial charge is 0.394 e. The van der Waals surface area contributed by atoms with Gasteiger partial charge in [-0.15, -0.1) is 0 Å². The molecule has 2 N–H and O–H groups in total. The van der Waals surface area contributed by atoms with Crippen molar-refractivity contribution in [1.29, 1.82) is 0 Å². The molecular formula is C33H67NO3. The van der Waals surface area contributed by atoms with Crippen LogP contribution in [0.2, 0.25) is 0 Å². The van der Waals surface area contributed by atoms with Crippen molar-refractivity contribution in [2.75, 3.05) is 19.7 Å². The maximum atomic E-state index is 12.8. The monoisotopic (exact) mass is 526 g/mol. The fourth-order valence-corrected chi connectivity index (χ4v) is 5.23. The van der Waals surface area contributed by atoms with Gasteiger partial charge in [-0.05, 0) is 12.8 Å². The lowest BCUT2D eigenvalue weighted by atomic mass is 10.0. The van der Waals surface area contributed by atoms with E-state index in [1.165, 1.54) is 135 Å². The van der Waals surface area contributed by atoms with E-state index in [0.717, 1.165) is 25.7 Å². The molecule has 0 aliphatic rings. The topological polar surface area (TPSA) is 60.8 Å². The maximum Gasteiger partial charge on any atom is 0.222 e. The summed E-state index contributed by atoms with van der Waals surface area (Å²) in [5, 5.41) is 19.2. The molecule has 0 aromatic carbocycles. The summed E-state index contributed by atoms with van der Waals surface area (Å²) in [7, 11) is 0. The molecule has 0 aliphatic carbocycles. The second kappa shape index (κ2) is 29.9. The second-order valence-electron chi connectivity index (χ2n) is 11.6. The number of hydrogen-bond donors (Lipinski definition) is 2. The Kier molecular flexibility index (Phi) is 29.4. The Bertz CT molecular complexity index is 457. The molecule has 0 spiro atoms. The molecule has 4 heteroatoms. The third-order valence-electron chi connectivity index (χ3n) is 7.77. The van der Waals surface area contributed by atoms with Crippen LogP contribution in [-0.4, -0.2) is 46.8 Å². The van der Waals surface area contributed by atoms with E-state index < -0.39 is 6.10 Å². The van der Waals surface area contributed by atoms with Crippen LogP contribution in [0.3, 0.4) is 0 Å². The van der Waals surface area contributed by atoms with Crippen LogP contribution >= 0.6 is 0 Å². The van der Waals surface area contributed by atoms with Crippen molar-refractivity contribution in [1.82, 2.24) is 4.90 Å². The van der Waals surface area contributed by atoms with Gasteiger partial charge >= 0.3 is 0 Å².